The zero-order valence-electron chi connectivity index (χ0n) is 6.87. The number of carboxylic acid groups (broad SMARTS) is 1. The first kappa shape index (κ1) is 11.5. The molecule has 0 unspecified atom stereocenters. The summed E-state index contributed by atoms with van der Waals surface area (Å²) >= 11 is 0. The summed E-state index contributed by atoms with van der Waals surface area (Å²) in [6.07, 6.45) is 0. The number of carboxylic acids is 1. The van der Waals surface area contributed by atoms with E-state index in [-0.39, 0.29) is 12.1 Å². The Balaban J connectivity index is 3.58. The molecule has 1 aromatic carbocycles. The summed E-state index contributed by atoms with van der Waals surface area (Å²) in [4.78, 5) is 8.83. The highest BCUT2D eigenvalue weighted by Crippen LogP contribution is 2.21. The van der Waals surface area contributed by atoms with Crippen LogP contribution in [0.25, 0.3) is 0 Å². The lowest BCUT2D eigenvalue weighted by Crippen LogP contribution is -2.05. The molecular formula is C7H3F3O4S. The van der Waals surface area contributed by atoms with Crippen LogP contribution in [0.2, 0.25) is 0 Å². The second-order valence-electron chi connectivity index (χ2n) is 2.51. The Hall–Kier alpha value is -1.57. The summed E-state index contributed by atoms with van der Waals surface area (Å²) in [7, 11) is -5.41. The molecule has 0 radical (unpaired) electrons. The van der Waals surface area contributed by atoms with Gasteiger partial charge < -0.3 is 5.11 Å². The van der Waals surface area contributed by atoms with Crippen molar-refractivity contribution in [1.29, 1.82) is 0 Å². The maximum absolute atomic E-state index is 12.7. The molecule has 1 N–H and O–H groups in total. The molecular weight excluding hydrogens is 237 g/mol. The largest absolute Gasteiger partial charge is 0.478 e. The topological polar surface area (TPSA) is 71.4 Å². The van der Waals surface area contributed by atoms with Crippen LogP contribution in [0, 0.1) is 11.6 Å². The Morgan fingerprint density at radius 2 is 1.73 bits per heavy atom. The Morgan fingerprint density at radius 3 is 2.13 bits per heavy atom. The van der Waals surface area contributed by atoms with Gasteiger partial charge in [0.25, 0.3) is 0 Å². The van der Waals surface area contributed by atoms with Gasteiger partial charge in [0.15, 0.2) is 0 Å². The first-order valence-corrected chi connectivity index (χ1v) is 4.79. The minimum absolute atomic E-state index is 0.00405. The van der Waals surface area contributed by atoms with Crippen molar-refractivity contribution in [3.8, 4) is 0 Å². The van der Waals surface area contributed by atoms with Crippen LogP contribution in [0.4, 0.5) is 12.7 Å². The van der Waals surface area contributed by atoms with Crippen molar-refractivity contribution >= 4 is 16.2 Å². The maximum Gasteiger partial charge on any atom is 0.338 e. The fourth-order valence-electron chi connectivity index (χ4n) is 0.880. The van der Waals surface area contributed by atoms with Gasteiger partial charge in [0.1, 0.15) is 16.5 Å². The van der Waals surface area contributed by atoms with Gasteiger partial charge in [-0.05, 0) is 6.07 Å². The predicted molar refractivity (Wildman–Crippen MR) is 41.6 cm³/mol. The third-order valence-electron chi connectivity index (χ3n) is 1.51. The average Bonchev–Trinajstić information content (AvgIpc) is 2.00. The number of halogens is 3. The molecule has 0 saturated carbocycles. The van der Waals surface area contributed by atoms with Gasteiger partial charge >= 0.3 is 16.2 Å². The van der Waals surface area contributed by atoms with E-state index in [1.54, 1.807) is 0 Å². The van der Waals surface area contributed by atoms with E-state index >= 15 is 0 Å². The molecule has 15 heavy (non-hydrogen) atoms. The molecule has 0 heterocycles. The molecule has 0 aliphatic carbocycles. The molecule has 0 saturated heterocycles. The maximum atomic E-state index is 12.7. The van der Waals surface area contributed by atoms with Crippen LogP contribution >= 0.6 is 0 Å². The fraction of sp³-hybridized carbons (Fsp3) is 0. The Morgan fingerprint density at radius 1 is 1.20 bits per heavy atom. The molecule has 0 spiro atoms. The van der Waals surface area contributed by atoms with Gasteiger partial charge in [-0.25, -0.2) is 13.6 Å². The normalized spacial score (nSPS) is 11.4. The summed E-state index contributed by atoms with van der Waals surface area (Å²) < 4.78 is 58.5. The zero-order valence-corrected chi connectivity index (χ0v) is 7.69. The molecule has 0 atom stereocenters. The third kappa shape index (κ3) is 2.27. The summed E-state index contributed by atoms with van der Waals surface area (Å²) in [5.74, 6) is -4.98. The number of carbonyl (C=O) groups is 1. The first-order valence-electron chi connectivity index (χ1n) is 3.40. The van der Waals surface area contributed by atoms with E-state index in [0.29, 0.717) is 0 Å². The molecule has 0 bridgehead atoms. The van der Waals surface area contributed by atoms with E-state index < -0.39 is 38.3 Å². The second kappa shape index (κ2) is 3.54. The van der Waals surface area contributed by atoms with Gasteiger partial charge in [0.05, 0.1) is 5.56 Å². The van der Waals surface area contributed by atoms with Gasteiger partial charge in [-0.3, -0.25) is 0 Å². The molecule has 0 aliphatic rings. The summed E-state index contributed by atoms with van der Waals surface area (Å²) in [6, 6.07) is 0.0816. The molecule has 0 aromatic heterocycles. The fourth-order valence-corrected chi connectivity index (χ4v) is 1.43. The second-order valence-corrected chi connectivity index (χ2v) is 3.82. The van der Waals surface area contributed by atoms with Crippen molar-refractivity contribution in [2.24, 2.45) is 0 Å². The van der Waals surface area contributed by atoms with E-state index in [0.717, 1.165) is 0 Å². The third-order valence-corrected chi connectivity index (χ3v) is 2.35. The van der Waals surface area contributed by atoms with Crippen LogP contribution in [0.3, 0.4) is 0 Å². The van der Waals surface area contributed by atoms with Gasteiger partial charge in [-0.2, -0.15) is 8.42 Å². The monoisotopic (exact) mass is 240 g/mol. The summed E-state index contributed by atoms with van der Waals surface area (Å²) in [5, 5.41) is 8.37. The van der Waals surface area contributed by atoms with Crippen molar-refractivity contribution in [1.82, 2.24) is 0 Å². The van der Waals surface area contributed by atoms with Gasteiger partial charge in [-0.15, -0.1) is 3.89 Å². The molecule has 82 valence electrons. The standard InChI is InChI=1S/C7H3F3O4S/c8-4-2-5(9)6(15(10,13)14)1-3(4)7(11)12/h1-2H,(H,11,12). The lowest BCUT2D eigenvalue weighted by molar-refractivity contribution is 0.0691. The molecule has 0 amide bonds. The number of aromatic carboxylic acids is 1. The van der Waals surface area contributed by atoms with Crippen LogP contribution < -0.4 is 0 Å². The lowest BCUT2D eigenvalue weighted by Gasteiger charge is -2.01. The van der Waals surface area contributed by atoms with Crippen molar-refractivity contribution < 1.29 is 31.0 Å². The number of hydrogen-bond acceptors (Lipinski definition) is 3. The van der Waals surface area contributed by atoms with Gasteiger partial charge in [-0.1, -0.05) is 0 Å². The highest BCUT2D eigenvalue weighted by atomic mass is 32.3. The minimum atomic E-state index is -5.41. The quantitative estimate of drug-likeness (QED) is 0.791. The predicted octanol–water partition coefficient (Wildman–Crippen LogP) is 1.32. The zero-order chi connectivity index (χ0) is 11.8. The lowest BCUT2D eigenvalue weighted by atomic mass is 10.2. The van der Waals surface area contributed by atoms with E-state index in [1.807, 2.05) is 0 Å². The molecule has 1 rings (SSSR count). The number of benzene rings is 1. The SMILES string of the molecule is O=C(O)c1cc(S(=O)(=O)F)c(F)cc1F. The van der Waals surface area contributed by atoms with Crippen LogP contribution in [0.15, 0.2) is 17.0 Å². The summed E-state index contributed by atoms with van der Waals surface area (Å²) in [6.45, 7) is 0. The smallest absolute Gasteiger partial charge is 0.338 e. The number of hydrogen-bond donors (Lipinski definition) is 1. The van der Waals surface area contributed by atoms with E-state index in [9.17, 15) is 25.9 Å². The molecule has 4 nitrogen and oxygen atoms in total. The van der Waals surface area contributed by atoms with Crippen LogP contribution in [-0.4, -0.2) is 19.5 Å². The average molecular weight is 240 g/mol. The van der Waals surface area contributed by atoms with Gasteiger partial charge in [0, 0.05) is 6.07 Å². The van der Waals surface area contributed by atoms with E-state index in [4.69, 9.17) is 5.11 Å². The Labute approximate surface area is 82.2 Å². The van der Waals surface area contributed by atoms with Crippen molar-refractivity contribution in [3.05, 3.63) is 29.3 Å². The van der Waals surface area contributed by atoms with E-state index in [2.05, 4.69) is 0 Å². The van der Waals surface area contributed by atoms with E-state index in [1.165, 1.54) is 0 Å². The molecule has 0 aliphatic heterocycles. The van der Waals surface area contributed by atoms with Crippen LogP contribution in [-0.2, 0) is 10.2 Å². The highest BCUT2D eigenvalue weighted by molar-refractivity contribution is 7.86. The van der Waals surface area contributed by atoms with Crippen LogP contribution in [0.1, 0.15) is 10.4 Å². The van der Waals surface area contributed by atoms with Crippen LogP contribution in [0.5, 0.6) is 0 Å². The number of rotatable bonds is 2. The molecule has 1 aromatic rings. The molecule has 8 heteroatoms. The van der Waals surface area contributed by atoms with Crippen molar-refractivity contribution in [2.45, 2.75) is 4.90 Å². The highest BCUT2D eigenvalue weighted by Gasteiger charge is 2.23. The van der Waals surface area contributed by atoms with Crippen molar-refractivity contribution in [3.63, 3.8) is 0 Å². The van der Waals surface area contributed by atoms with Gasteiger partial charge in [0.2, 0.25) is 0 Å². The Bertz CT molecular complexity index is 523. The molecule has 0 fully saturated rings. The summed E-state index contributed by atoms with van der Waals surface area (Å²) in [5.41, 5.74) is -1.12. The van der Waals surface area contributed by atoms with Crippen molar-refractivity contribution in [2.75, 3.05) is 0 Å². The Kier molecular flexibility index (Phi) is 2.71. The first-order chi connectivity index (χ1) is 6.73. The minimum Gasteiger partial charge on any atom is -0.478 e.